The van der Waals surface area contributed by atoms with Gasteiger partial charge in [-0.1, -0.05) is 65.8 Å². The van der Waals surface area contributed by atoms with Gasteiger partial charge in [-0.15, -0.1) is 0 Å². The number of rotatable bonds is 16. The van der Waals surface area contributed by atoms with Gasteiger partial charge in [0.2, 0.25) is 0 Å². The maximum atomic E-state index is 12.6. The predicted octanol–water partition coefficient (Wildman–Crippen LogP) is 8.19. The van der Waals surface area contributed by atoms with Crippen LogP contribution in [0.5, 0.6) is 0 Å². The number of aliphatic hydroxyl groups excluding tert-OH is 1. The molecule has 0 aromatic heterocycles. The van der Waals surface area contributed by atoms with E-state index in [1.165, 1.54) is 0 Å². The van der Waals surface area contributed by atoms with Gasteiger partial charge in [-0.05, 0) is 118 Å². The molecule has 6 aliphatic heterocycles. The lowest BCUT2D eigenvalue weighted by molar-refractivity contribution is -0.232. The Morgan fingerprint density at radius 2 is 1.00 bits per heavy atom. The molecule has 0 saturated carbocycles. The van der Waals surface area contributed by atoms with Crippen molar-refractivity contribution in [1.29, 1.82) is 0 Å². The second kappa shape index (κ2) is 29.6. The Balaban J connectivity index is 0.000000490. The van der Waals surface area contributed by atoms with Crippen molar-refractivity contribution in [1.82, 2.24) is 4.90 Å². The molecule has 3 unspecified atom stereocenters. The highest BCUT2D eigenvalue weighted by molar-refractivity contribution is 8.08. The minimum Gasteiger partial charge on any atom is -0.387 e. The van der Waals surface area contributed by atoms with Crippen molar-refractivity contribution in [2.45, 2.75) is 264 Å². The lowest BCUT2D eigenvalue weighted by atomic mass is 10.1. The molecule has 3 N–H and O–H groups in total. The van der Waals surface area contributed by atoms with E-state index in [9.17, 15) is 17.7 Å². The molecule has 0 aromatic carbocycles. The topological polar surface area (TPSA) is 202 Å². The molecule has 17 nitrogen and oxygen atoms in total. The first-order chi connectivity index (χ1) is 32.1. The Kier molecular flexibility index (Phi) is 29.3. The summed E-state index contributed by atoms with van der Waals surface area (Å²) in [4.78, 5) is 2.46. The summed E-state index contributed by atoms with van der Waals surface area (Å²) in [6.07, 6.45) is -4.80. The molecule has 6 saturated heterocycles. The zero-order valence-electron chi connectivity index (χ0n) is 48.1. The Bertz CT molecular complexity index is 1650. The first-order valence-electron chi connectivity index (χ1n) is 25.4. The van der Waals surface area contributed by atoms with Crippen LogP contribution in [0.2, 0.25) is 77.1 Å². The van der Waals surface area contributed by atoms with Crippen LogP contribution in [0.15, 0.2) is 0 Å². The molecule has 0 aliphatic carbocycles. The van der Waals surface area contributed by atoms with Gasteiger partial charge in [0, 0.05) is 53.6 Å². The van der Waals surface area contributed by atoms with E-state index in [1.807, 2.05) is 41.5 Å². The van der Waals surface area contributed by atoms with Gasteiger partial charge in [-0.3, -0.25) is 14.2 Å². The molecule has 6 aliphatic rings. The Morgan fingerprint density at radius 1 is 0.611 bits per heavy atom. The van der Waals surface area contributed by atoms with Crippen LogP contribution in [0.1, 0.15) is 90.0 Å². The van der Waals surface area contributed by atoms with E-state index in [-0.39, 0.29) is 25.7 Å². The standard InChI is InChI=1S/C17H32O7SSi.C12H20O6.C8H19N.C5H13ClOSSi.C5H15NOSSi.H2S/c1-16(2)19-10-11(21-16)12-13(24-25(18)8-9-26(5,6)7)14-15(20-12)23-17(3,4)22-14;1-11(2)14-5-6(16-11)8-7(13)9-10(15-8)18-12(3,4)17-9;1-6-9(7(2)3)8(4)5;2*1-9(2,3)5-4-8(6)7;/h11-15H,8-10H2,1-7H3;6-10,13H,5H2,1-4H3;7-8H,6H2,1-5H3;4-5H2,1-3H3;4-6H2,1-3H3;1H2/t11-,12-,13?,14+,15-,25+;6-,7?,8-,9+,10-;;;8-;/m11..0./s1. The summed E-state index contributed by atoms with van der Waals surface area (Å²) in [6.45, 7) is 48.0. The predicted molar refractivity (Wildman–Crippen MR) is 305 cm³/mol. The fourth-order valence-corrected chi connectivity index (χ4v) is 18.9. The lowest BCUT2D eigenvalue weighted by Gasteiger charge is -2.28. The minimum atomic E-state index is -1.41. The smallest absolute Gasteiger partial charge is 0.190 e. The molecular formula is C47H101ClN2O15S4Si3. The average molecular weight is 1180 g/mol. The van der Waals surface area contributed by atoms with Crippen LogP contribution < -0.4 is 5.14 Å². The molecule has 6 fully saturated rings. The lowest BCUT2D eigenvalue weighted by Crippen LogP contribution is -2.44. The Labute approximate surface area is 457 Å². The Morgan fingerprint density at radius 3 is 1.32 bits per heavy atom. The maximum absolute atomic E-state index is 12.6. The van der Waals surface area contributed by atoms with Crippen molar-refractivity contribution in [3.63, 3.8) is 0 Å². The fraction of sp³-hybridized carbons (Fsp3) is 1.00. The summed E-state index contributed by atoms with van der Waals surface area (Å²) in [6, 6.07) is 4.44. The van der Waals surface area contributed by atoms with Crippen LogP contribution in [0, 0.1) is 0 Å². The van der Waals surface area contributed by atoms with Crippen LogP contribution in [0.4, 0.5) is 0 Å². The van der Waals surface area contributed by atoms with Crippen molar-refractivity contribution < 1.29 is 69.3 Å². The van der Waals surface area contributed by atoms with Gasteiger partial charge in [-0.2, -0.15) is 13.5 Å². The van der Waals surface area contributed by atoms with E-state index in [2.05, 4.69) is 98.4 Å². The third kappa shape index (κ3) is 26.4. The summed E-state index contributed by atoms with van der Waals surface area (Å²) in [5.41, 5.74) is 0. The number of halogens is 1. The molecule has 0 spiro atoms. The third-order valence-corrected chi connectivity index (χ3v) is 20.8. The number of aliphatic hydroxyl groups is 1. The highest BCUT2D eigenvalue weighted by Gasteiger charge is 2.60. The molecule has 25 heteroatoms. The summed E-state index contributed by atoms with van der Waals surface area (Å²) in [5.74, 6) is -0.913. The largest absolute Gasteiger partial charge is 0.387 e. The first-order valence-corrected chi connectivity index (χ1v) is 41.3. The quantitative estimate of drug-likeness (QED) is 0.111. The Hall–Kier alpha value is 1.18. The SMILES string of the molecule is CC1(C)OC[C@H]([C@H]2O[C@@H]3OC(C)(C)O[C@H]3C2O)O1.CC1(C)OC[C@H]([C@H]2O[C@@H]3OC(C)(C)O[C@H]3C2O[S@](=O)CC[Si](C)(C)C)O1.CCN(C(C)C)C(C)C.C[Si](C)(C)CCS(=O)Cl.C[Si](C)(C)CC[S@@](N)=O.S. The zero-order valence-corrected chi connectivity index (χ0v) is 55.3. The van der Waals surface area contributed by atoms with Crippen molar-refractivity contribution in [2.24, 2.45) is 5.14 Å². The second-order valence-corrected chi connectivity index (χ2v) is 46.2. The molecule has 72 heavy (non-hydrogen) atoms. The van der Waals surface area contributed by atoms with E-state index < -0.39 is 129 Å². The summed E-state index contributed by atoms with van der Waals surface area (Å²) < 4.78 is 96.9. The second-order valence-electron chi connectivity index (χ2n) is 25.0. The van der Waals surface area contributed by atoms with Gasteiger partial charge in [0.25, 0.3) is 0 Å². The maximum Gasteiger partial charge on any atom is 0.190 e. The van der Waals surface area contributed by atoms with E-state index >= 15 is 0 Å². The van der Waals surface area contributed by atoms with Crippen LogP contribution >= 0.6 is 24.2 Å². The first kappa shape index (κ1) is 71.2. The number of hydrogen-bond donors (Lipinski definition) is 2. The number of nitrogens with zero attached hydrogens (tertiary/aromatic N) is 1. The highest BCUT2D eigenvalue weighted by atomic mass is 35.7. The van der Waals surface area contributed by atoms with Gasteiger partial charge in [0.05, 0.1) is 24.2 Å². The molecule has 0 aromatic rings. The molecule has 0 bridgehead atoms. The highest BCUT2D eigenvalue weighted by Crippen LogP contribution is 2.43. The minimum absolute atomic E-state index is 0. The molecule has 0 amide bonds. The monoisotopic (exact) mass is 1180 g/mol. The normalized spacial score (nSPS) is 32.2. The van der Waals surface area contributed by atoms with Crippen molar-refractivity contribution in [3.05, 3.63) is 0 Å². The summed E-state index contributed by atoms with van der Waals surface area (Å²) in [5, 5.41) is 15.4. The molecule has 0 radical (unpaired) electrons. The van der Waals surface area contributed by atoms with Crippen LogP contribution in [0.25, 0.3) is 0 Å². The van der Waals surface area contributed by atoms with Crippen molar-refractivity contribution in [2.75, 3.05) is 37.0 Å². The van der Waals surface area contributed by atoms with Gasteiger partial charge in [-0.25, -0.2) is 12.6 Å². The van der Waals surface area contributed by atoms with E-state index in [0.717, 1.165) is 24.7 Å². The van der Waals surface area contributed by atoms with Crippen molar-refractivity contribution >= 4 is 80.5 Å². The van der Waals surface area contributed by atoms with Crippen LogP contribution in [0.3, 0.4) is 0 Å². The van der Waals surface area contributed by atoms with Gasteiger partial charge < -0.3 is 52.5 Å². The zero-order chi connectivity index (χ0) is 54.9. The summed E-state index contributed by atoms with van der Waals surface area (Å²) >= 11 is -1.41. The van der Waals surface area contributed by atoms with E-state index in [0.29, 0.717) is 42.6 Å². The third-order valence-electron chi connectivity index (χ3n) is 11.9. The number of nitrogens with two attached hydrogens (primary N) is 1. The molecule has 6 rings (SSSR count). The number of ether oxygens (including phenoxy) is 10. The number of fused-ring (bicyclic) bond motifs is 2. The van der Waals surface area contributed by atoms with Crippen molar-refractivity contribution in [3.8, 4) is 0 Å². The fourth-order valence-electron chi connectivity index (χ4n) is 8.17. The van der Waals surface area contributed by atoms with Crippen LogP contribution in [-0.4, -0.2) is 181 Å². The molecule has 6 heterocycles. The molecule has 13 atom stereocenters. The summed E-state index contributed by atoms with van der Waals surface area (Å²) in [7, 11) is -0.187. The van der Waals surface area contributed by atoms with Gasteiger partial charge >= 0.3 is 0 Å². The average Bonchev–Trinajstić information content (AvgIpc) is 4.01. The molecular weight excluding hydrogens is 1080 g/mol. The number of hydrogen-bond acceptors (Lipinski definition) is 16. The van der Waals surface area contributed by atoms with Crippen LogP contribution in [-0.2, 0) is 83.6 Å². The van der Waals surface area contributed by atoms with Gasteiger partial charge in [0.1, 0.15) is 58.8 Å². The molecule has 432 valence electrons. The van der Waals surface area contributed by atoms with Gasteiger partial charge in [0.15, 0.2) is 46.8 Å². The van der Waals surface area contributed by atoms with E-state index in [1.54, 1.807) is 13.8 Å². The van der Waals surface area contributed by atoms with E-state index in [4.69, 9.17) is 67.4 Å².